The van der Waals surface area contributed by atoms with Crippen LogP contribution in [0.5, 0.6) is 0 Å². The maximum atomic E-state index is 8.98. The van der Waals surface area contributed by atoms with Gasteiger partial charge >= 0.3 is 14.1 Å². The van der Waals surface area contributed by atoms with Gasteiger partial charge in [-0.25, -0.2) is 0 Å². The summed E-state index contributed by atoms with van der Waals surface area (Å²) in [5.41, 5.74) is 0. The van der Waals surface area contributed by atoms with Gasteiger partial charge in [-0.3, -0.25) is 14.4 Å². The molecular formula is C3H3Cl9O3. The van der Waals surface area contributed by atoms with Crippen molar-refractivity contribution in [3.05, 3.63) is 0 Å². The van der Waals surface area contributed by atoms with Crippen molar-refractivity contribution in [3.63, 3.8) is 0 Å². The molecule has 0 unspecified atom stereocenters. The normalized spacial score (nSPS) is 5.20. The largest absolute Gasteiger partial charge is 0.313 e. The van der Waals surface area contributed by atoms with Crippen molar-refractivity contribution in [1.82, 2.24) is 0 Å². The maximum absolute atomic E-state index is 8.98. The van der Waals surface area contributed by atoms with Crippen molar-refractivity contribution >= 4 is 121 Å². The highest BCUT2D eigenvalue weighted by molar-refractivity contribution is 6.94. The van der Waals surface area contributed by atoms with E-state index in [0.717, 1.165) is 0 Å². The third kappa shape index (κ3) is 1100. The van der Waals surface area contributed by atoms with Gasteiger partial charge in [-0.15, -0.1) is 37.2 Å². The zero-order chi connectivity index (χ0) is 10.7. The Labute approximate surface area is 134 Å². The minimum absolute atomic E-state index is 0. The van der Waals surface area contributed by atoms with Crippen LogP contribution in [-0.4, -0.2) is 14.1 Å². The lowest BCUT2D eigenvalue weighted by molar-refractivity contribution is 0.274. The molecule has 0 saturated carbocycles. The molecule has 0 aromatic carbocycles. The van der Waals surface area contributed by atoms with Gasteiger partial charge in [0, 0.05) is 0 Å². The lowest BCUT2D eigenvalue weighted by atomic mass is 11.8. The molecule has 0 spiro atoms. The van der Waals surface area contributed by atoms with Crippen LogP contribution in [0, 0.1) is 0 Å². The average molecular weight is 406 g/mol. The second kappa shape index (κ2) is 29.6. The van der Waals surface area contributed by atoms with Crippen LogP contribution in [0.4, 0.5) is 14.4 Å². The summed E-state index contributed by atoms with van der Waals surface area (Å²) in [5, 5.41) is 0. The summed E-state index contributed by atoms with van der Waals surface area (Å²) >= 11 is 26.4. The zero-order valence-electron chi connectivity index (χ0n) is 6.22. The molecule has 0 aliphatic rings. The standard InChI is InChI=1S/3CCl2O.3ClH/c3*2-1(3)4;;;/h;;;3*1H. The number of hydrogen-bond acceptors (Lipinski definition) is 3. The molecular weight excluding hydrogens is 403 g/mol. The van der Waals surface area contributed by atoms with Crippen molar-refractivity contribution < 1.29 is 14.4 Å². The Balaban J connectivity index is -0.0000000184. The Morgan fingerprint density at radius 1 is 0.467 bits per heavy atom. The Morgan fingerprint density at radius 2 is 0.467 bits per heavy atom. The molecule has 0 aliphatic carbocycles. The molecule has 0 rings (SSSR count). The van der Waals surface area contributed by atoms with Gasteiger partial charge in [0.25, 0.3) is 0 Å². The molecule has 0 fully saturated rings. The molecule has 0 aromatic heterocycles. The number of hydrogen-bond donors (Lipinski definition) is 0. The fourth-order valence-electron chi connectivity index (χ4n) is 0. The van der Waals surface area contributed by atoms with Crippen molar-refractivity contribution in [2.45, 2.75) is 0 Å². The summed E-state index contributed by atoms with van der Waals surface area (Å²) in [6.45, 7) is 0. The number of rotatable bonds is 0. The number of carbonyl (C=O) groups is 3. The Kier molecular flexibility index (Phi) is 71.0. The third-order valence-corrected chi connectivity index (χ3v) is 0. The van der Waals surface area contributed by atoms with E-state index in [4.69, 9.17) is 14.4 Å². The smallest absolute Gasteiger partial charge is 0.262 e. The molecule has 12 heteroatoms. The van der Waals surface area contributed by atoms with Gasteiger partial charge in [-0.2, -0.15) is 0 Å². The first kappa shape index (κ1) is 36.0. The molecule has 15 heavy (non-hydrogen) atoms. The molecule has 3 nitrogen and oxygen atoms in total. The van der Waals surface area contributed by atoms with Crippen LogP contribution in [0.2, 0.25) is 0 Å². The topological polar surface area (TPSA) is 51.2 Å². The van der Waals surface area contributed by atoms with E-state index in [2.05, 4.69) is 69.6 Å². The maximum Gasteiger partial charge on any atom is 0.313 e. The van der Waals surface area contributed by atoms with Gasteiger partial charge < -0.3 is 0 Å². The summed E-state index contributed by atoms with van der Waals surface area (Å²) in [5.74, 6) is 0. The summed E-state index contributed by atoms with van der Waals surface area (Å²) < 4.78 is -2.67. The van der Waals surface area contributed by atoms with E-state index in [1.165, 1.54) is 0 Å². The quantitative estimate of drug-likeness (QED) is 0.463. The zero-order valence-corrected chi connectivity index (χ0v) is 13.2. The first-order valence-corrected chi connectivity index (χ1v) is 4.01. The van der Waals surface area contributed by atoms with Crippen molar-refractivity contribution in [3.8, 4) is 0 Å². The molecule has 0 amide bonds. The molecule has 0 radical (unpaired) electrons. The minimum Gasteiger partial charge on any atom is -0.262 e. The van der Waals surface area contributed by atoms with Crippen LogP contribution in [0.25, 0.3) is 0 Å². The second-order valence-corrected chi connectivity index (χ2v) is 3.32. The number of halogens is 9. The molecule has 0 atom stereocenters. The Morgan fingerprint density at radius 3 is 0.467 bits per heavy atom. The van der Waals surface area contributed by atoms with Gasteiger partial charge in [0.1, 0.15) is 0 Å². The van der Waals surface area contributed by atoms with E-state index in [-0.39, 0.29) is 37.2 Å². The fourth-order valence-corrected chi connectivity index (χ4v) is 0. The predicted octanol–water partition coefficient (Wildman–Crippen LogP) is 6.02. The van der Waals surface area contributed by atoms with Gasteiger partial charge in [0.2, 0.25) is 0 Å². The van der Waals surface area contributed by atoms with Crippen LogP contribution in [0.15, 0.2) is 0 Å². The SMILES string of the molecule is Cl.Cl.Cl.O=C(Cl)Cl.O=C(Cl)Cl.O=C(Cl)Cl. The second-order valence-electron chi connectivity index (χ2n) is 0.677. The molecule has 0 bridgehead atoms. The summed E-state index contributed by atoms with van der Waals surface area (Å²) in [6, 6.07) is 0. The van der Waals surface area contributed by atoms with Crippen molar-refractivity contribution in [1.29, 1.82) is 0 Å². The van der Waals surface area contributed by atoms with Gasteiger partial charge in [0.05, 0.1) is 0 Å². The lowest BCUT2D eigenvalue weighted by Gasteiger charge is -1.48. The predicted molar refractivity (Wildman–Crippen MR) is 73.0 cm³/mol. The highest BCUT2D eigenvalue weighted by Crippen LogP contribution is 1.84. The lowest BCUT2D eigenvalue weighted by Crippen LogP contribution is -1.46. The molecule has 0 heterocycles. The summed E-state index contributed by atoms with van der Waals surface area (Å²) in [6.07, 6.45) is 0. The first-order chi connectivity index (χ1) is 5.20. The van der Waals surface area contributed by atoms with E-state index in [1.807, 2.05) is 0 Å². The highest BCUT2D eigenvalue weighted by Gasteiger charge is 1.72. The van der Waals surface area contributed by atoms with Crippen LogP contribution < -0.4 is 0 Å². The fraction of sp³-hybridized carbons (Fsp3) is 0. The summed E-state index contributed by atoms with van der Waals surface area (Å²) in [7, 11) is 0. The van der Waals surface area contributed by atoms with Gasteiger partial charge in [-0.05, 0) is 69.6 Å². The monoisotopic (exact) mass is 402 g/mol. The molecule has 0 N–H and O–H groups in total. The van der Waals surface area contributed by atoms with E-state index in [0.29, 0.717) is 0 Å². The van der Waals surface area contributed by atoms with E-state index >= 15 is 0 Å². The van der Waals surface area contributed by atoms with Crippen LogP contribution in [0.3, 0.4) is 0 Å². The Hall–Kier alpha value is 1.62. The van der Waals surface area contributed by atoms with Crippen molar-refractivity contribution in [2.75, 3.05) is 0 Å². The molecule has 0 aromatic rings. The summed E-state index contributed by atoms with van der Waals surface area (Å²) in [4.78, 5) is 26.9. The number of carbonyl (C=O) groups excluding carboxylic acids is 3. The molecule has 96 valence electrons. The highest BCUT2D eigenvalue weighted by atomic mass is 35.5. The first-order valence-electron chi connectivity index (χ1n) is 1.75. The van der Waals surface area contributed by atoms with Crippen LogP contribution in [0.1, 0.15) is 0 Å². The molecule has 0 saturated heterocycles. The van der Waals surface area contributed by atoms with Crippen molar-refractivity contribution in [2.24, 2.45) is 0 Å². The van der Waals surface area contributed by atoms with Gasteiger partial charge in [0.15, 0.2) is 0 Å². The van der Waals surface area contributed by atoms with Crippen LogP contribution in [-0.2, 0) is 0 Å². The Bertz CT molecular complexity index is 118. The van der Waals surface area contributed by atoms with Gasteiger partial charge in [-0.1, -0.05) is 0 Å². The van der Waals surface area contributed by atoms with Crippen LogP contribution >= 0.6 is 107 Å². The van der Waals surface area contributed by atoms with E-state index in [1.54, 1.807) is 0 Å². The minimum atomic E-state index is -0.889. The third-order valence-electron chi connectivity index (χ3n) is 0. The van der Waals surface area contributed by atoms with E-state index in [9.17, 15) is 0 Å². The van der Waals surface area contributed by atoms with E-state index < -0.39 is 14.1 Å². The molecule has 0 aliphatic heterocycles. The average Bonchev–Trinajstić information content (AvgIpc) is 1.54.